The first-order valence-corrected chi connectivity index (χ1v) is 9.39. The van der Waals surface area contributed by atoms with E-state index in [0.29, 0.717) is 18.0 Å². The Bertz CT molecular complexity index is 978. The molecule has 0 aromatic carbocycles. The lowest BCUT2D eigenvalue weighted by molar-refractivity contribution is 0.396. The predicted molar refractivity (Wildman–Crippen MR) is 105 cm³/mol. The number of hydrogen-bond acceptors (Lipinski definition) is 6. The van der Waals surface area contributed by atoms with E-state index in [1.165, 1.54) is 0 Å². The number of anilines is 1. The maximum Gasteiger partial charge on any atom is 0.233 e. The molecule has 0 radical (unpaired) electrons. The van der Waals surface area contributed by atoms with Crippen molar-refractivity contribution < 1.29 is 4.74 Å². The highest BCUT2D eigenvalue weighted by Crippen LogP contribution is 2.33. The van der Waals surface area contributed by atoms with Crippen LogP contribution in [0.5, 0.6) is 5.88 Å². The molecule has 0 aliphatic carbocycles. The van der Waals surface area contributed by atoms with Gasteiger partial charge in [0.1, 0.15) is 17.5 Å². The van der Waals surface area contributed by atoms with E-state index in [1.54, 1.807) is 13.3 Å². The molecule has 3 aromatic heterocycles. The number of nitrogens with zero attached hydrogens (tertiary/aromatic N) is 6. The van der Waals surface area contributed by atoms with Crippen molar-refractivity contribution in [3.05, 3.63) is 66.1 Å². The van der Waals surface area contributed by atoms with Gasteiger partial charge in [0.05, 0.1) is 25.0 Å². The summed E-state index contributed by atoms with van der Waals surface area (Å²) in [6.07, 6.45) is 9.48. The van der Waals surface area contributed by atoms with Gasteiger partial charge in [-0.15, -0.1) is 0 Å². The fourth-order valence-electron chi connectivity index (χ4n) is 3.84. The molecule has 1 aliphatic rings. The maximum absolute atomic E-state index is 9.60. The summed E-state index contributed by atoms with van der Waals surface area (Å²) in [4.78, 5) is 15.5. The Kier molecular flexibility index (Phi) is 5.20. The molecule has 0 saturated carbocycles. The second kappa shape index (κ2) is 8.09. The van der Waals surface area contributed by atoms with Crippen molar-refractivity contribution in [2.45, 2.75) is 25.3 Å². The lowest BCUT2D eigenvalue weighted by Gasteiger charge is -2.34. The average molecular weight is 374 g/mol. The van der Waals surface area contributed by atoms with Crippen LogP contribution in [-0.4, -0.2) is 39.7 Å². The molecule has 7 nitrogen and oxygen atoms in total. The van der Waals surface area contributed by atoms with Crippen molar-refractivity contribution in [2.75, 3.05) is 25.1 Å². The molecule has 4 rings (SSSR count). The van der Waals surface area contributed by atoms with Crippen molar-refractivity contribution in [1.82, 2.24) is 19.5 Å². The molecule has 0 bridgehead atoms. The minimum absolute atomic E-state index is 0.290. The Morgan fingerprint density at radius 2 is 2.11 bits per heavy atom. The van der Waals surface area contributed by atoms with E-state index in [0.717, 1.165) is 43.1 Å². The summed E-state index contributed by atoms with van der Waals surface area (Å²) in [5.41, 5.74) is 2.38. The van der Waals surface area contributed by atoms with Crippen molar-refractivity contribution in [2.24, 2.45) is 0 Å². The van der Waals surface area contributed by atoms with Gasteiger partial charge in [-0.3, -0.25) is 4.98 Å². The molecule has 0 amide bonds. The van der Waals surface area contributed by atoms with Crippen LogP contribution in [0.3, 0.4) is 0 Å². The van der Waals surface area contributed by atoms with Gasteiger partial charge in [-0.05, 0) is 31.0 Å². The van der Waals surface area contributed by atoms with Crippen LogP contribution in [0.15, 0.2) is 49.1 Å². The summed E-state index contributed by atoms with van der Waals surface area (Å²) in [5, 5.41) is 9.60. The van der Waals surface area contributed by atoms with Crippen LogP contribution in [0.1, 0.15) is 35.8 Å². The zero-order valence-corrected chi connectivity index (χ0v) is 15.8. The fraction of sp³-hybridized carbons (Fsp3) is 0.333. The Morgan fingerprint density at radius 1 is 1.18 bits per heavy atom. The molecular weight excluding hydrogens is 352 g/mol. The SMILES string of the molecule is COc1nccc(N2CCC[C@@H](c3nccn3Cc3ccccn3)C2)c1C#N. The number of piperidine rings is 1. The quantitative estimate of drug-likeness (QED) is 0.683. The number of hydrogen-bond donors (Lipinski definition) is 0. The smallest absolute Gasteiger partial charge is 0.233 e. The number of aromatic nitrogens is 4. The van der Waals surface area contributed by atoms with E-state index in [2.05, 4.69) is 30.5 Å². The van der Waals surface area contributed by atoms with Gasteiger partial charge in [-0.2, -0.15) is 5.26 Å². The van der Waals surface area contributed by atoms with Crippen LogP contribution in [0.25, 0.3) is 0 Å². The van der Waals surface area contributed by atoms with Crippen molar-refractivity contribution in [3.63, 3.8) is 0 Å². The number of methoxy groups -OCH3 is 1. The second-order valence-corrected chi connectivity index (χ2v) is 6.85. The molecule has 28 heavy (non-hydrogen) atoms. The normalized spacial score (nSPS) is 16.6. The minimum Gasteiger partial charge on any atom is -0.480 e. The Hall–Kier alpha value is -3.40. The van der Waals surface area contributed by atoms with E-state index in [1.807, 2.05) is 42.9 Å². The molecular formula is C21H22N6O. The molecule has 1 saturated heterocycles. The van der Waals surface area contributed by atoms with E-state index < -0.39 is 0 Å². The fourth-order valence-corrected chi connectivity index (χ4v) is 3.84. The first-order chi connectivity index (χ1) is 13.8. The molecule has 1 atom stereocenters. The van der Waals surface area contributed by atoms with E-state index in [4.69, 9.17) is 4.74 Å². The van der Waals surface area contributed by atoms with E-state index in [9.17, 15) is 5.26 Å². The highest BCUT2D eigenvalue weighted by molar-refractivity contribution is 5.63. The molecule has 0 spiro atoms. The highest BCUT2D eigenvalue weighted by Gasteiger charge is 2.27. The van der Waals surface area contributed by atoms with Crippen molar-refractivity contribution >= 4 is 5.69 Å². The summed E-state index contributed by atoms with van der Waals surface area (Å²) in [6.45, 7) is 2.42. The van der Waals surface area contributed by atoms with Crippen LogP contribution in [0.4, 0.5) is 5.69 Å². The monoisotopic (exact) mass is 374 g/mol. The van der Waals surface area contributed by atoms with Gasteiger partial charge in [0, 0.05) is 43.8 Å². The first-order valence-electron chi connectivity index (χ1n) is 9.39. The largest absolute Gasteiger partial charge is 0.480 e. The second-order valence-electron chi connectivity index (χ2n) is 6.85. The molecule has 7 heteroatoms. The molecule has 142 valence electrons. The lowest BCUT2D eigenvalue weighted by atomic mass is 9.96. The van der Waals surface area contributed by atoms with Crippen molar-refractivity contribution in [1.29, 1.82) is 5.26 Å². The van der Waals surface area contributed by atoms with Gasteiger partial charge >= 0.3 is 0 Å². The summed E-state index contributed by atoms with van der Waals surface area (Å²) in [5.74, 6) is 1.73. The Morgan fingerprint density at radius 3 is 2.89 bits per heavy atom. The third kappa shape index (κ3) is 3.54. The number of rotatable bonds is 5. The van der Waals surface area contributed by atoms with Gasteiger partial charge in [0.15, 0.2) is 0 Å². The van der Waals surface area contributed by atoms with Gasteiger partial charge in [0.25, 0.3) is 0 Å². The Labute approximate surface area is 164 Å². The zero-order valence-electron chi connectivity index (χ0n) is 15.8. The number of nitriles is 1. The summed E-state index contributed by atoms with van der Waals surface area (Å²) < 4.78 is 7.44. The van der Waals surface area contributed by atoms with Gasteiger partial charge in [-0.25, -0.2) is 9.97 Å². The van der Waals surface area contributed by atoms with Crippen LogP contribution in [-0.2, 0) is 6.54 Å². The van der Waals surface area contributed by atoms with Crippen LogP contribution in [0, 0.1) is 11.3 Å². The van der Waals surface area contributed by atoms with Crippen molar-refractivity contribution in [3.8, 4) is 11.9 Å². The van der Waals surface area contributed by atoms with Gasteiger partial charge in [-0.1, -0.05) is 6.07 Å². The van der Waals surface area contributed by atoms with Crippen LogP contribution < -0.4 is 9.64 Å². The molecule has 4 heterocycles. The zero-order chi connectivity index (χ0) is 19.3. The average Bonchev–Trinajstić information content (AvgIpc) is 3.22. The number of pyridine rings is 2. The highest BCUT2D eigenvalue weighted by atomic mass is 16.5. The molecule has 1 aliphatic heterocycles. The molecule has 0 N–H and O–H groups in total. The lowest BCUT2D eigenvalue weighted by Crippen LogP contribution is -2.36. The predicted octanol–water partition coefficient (Wildman–Crippen LogP) is 2.99. The third-order valence-electron chi connectivity index (χ3n) is 5.13. The van der Waals surface area contributed by atoms with Gasteiger partial charge < -0.3 is 14.2 Å². The molecule has 1 fully saturated rings. The Balaban J connectivity index is 1.58. The molecule has 0 unspecified atom stereocenters. The first kappa shape index (κ1) is 18.0. The molecule has 3 aromatic rings. The van der Waals surface area contributed by atoms with Crippen LogP contribution in [0.2, 0.25) is 0 Å². The third-order valence-corrected chi connectivity index (χ3v) is 5.13. The standard InChI is InChI=1S/C21H22N6O/c1-28-21-18(13-22)19(7-9-25-21)26-11-4-5-16(14-26)20-24-10-12-27(20)15-17-6-2-3-8-23-17/h2-3,6-10,12,16H,4-5,11,14-15H2,1H3/t16-/m1/s1. The van der Waals surface area contributed by atoms with E-state index in [-0.39, 0.29) is 5.92 Å². The number of ether oxygens (including phenoxy) is 1. The van der Waals surface area contributed by atoms with Crippen LogP contribution >= 0.6 is 0 Å². The summed E-state index contributed by atoms with van der Waals surface area (Å²) in [6, 6.07) is 10.1. The summed E-state index contributed by atoms with van der Waals surface area (Å²) in [7, 11) is 1.54. The van der Waals surface area contributed by atoms with Gasteiger partial charge in [0.2, 0.25) is 5.88 Å². The minimum atomic E-state index is 0.290. The maximum atomic E-state index is 9.60. The number of imidazole rings is 1. The van der Waals surface area contributed by atoms with E-state index >= 15 is 0 Å². The topological polar surface area (TPSA) is 79.9 Å². The summed E-state index contributed by atoms with van der Waals surface area (Å²) >= 11 is 0.